The van der Waals surface area contributed by atoms with Gasteiger partial charge in [0, 0.05) is 29.8 Å². The largest absolute Gasteiger partial charge is 0.495 e. The van der Waals surface area contributed by atoms with Crippen molar-refractivity contribution in [1.82, 2.24) is 15.0 Å². The number of nitrogens with zero attached hydrogens (tertiary/aromatic N) is 3. The second kappa shape index (κ2) is 6.77. The average Bonchev–Trinajstić information content (AvgIpc) is 2.67. The van der Waals surface area contributed by atoms with Crippen LogP contribution in [0.1, 0.15) is 6.92 Å². The molecule has 0 spiro atoms. The second-order valence-corrected chi connectivity index (χ2v) is 6.25. The number of rotatable bonds is 4. The van der Waals surface area contributed by atoms with E-state index in [1.165, 1.54) is 0 Å². The fourth-order valence-corrected chi connectivity index (χ4v) is 3.14. The van der Waals surface area contributed by atoms with Crippen LogP contribution in [0.3, 0.4) is 0 Å². The van der Waals surface area contributed by atoms with Crippen molar-refractivity contribution < 1.29 is 4.74 Å². The van der Waals surface area contributed by atoms with Crippen molar-refractivity contribution in [2.24, 2.45) is 0 Å². The highest BCUT2D eigenvalue weighted by Crippen LogP contribution is 2.33. The quantitative estimate of drug-likeness (QED) is 0.555. The molecule has 5 nitrogen and oxygen atoms in total. The number of halogens is 1. The Kier molecular flexibility index (Phi) is 4.31. The van der Waals surface area contributed by atoms with E-state index in [-0.39, 0.29) is 0 Å². The van der Waals surface area contributed by atoms with Crippen molar-refractivity contribution in [1.29, 1.82) is 0 Å². The van der Waals surface area contributed by atoms with Gasteiger partial charge in [0.05, 0.1) is 28.7 Å². The summed E-state index contributed by atoms with van der Waals surface area (Å²) in [7, 11) is 1.58. The molecule has 26 heavy (non-hydrogen) atoms. The van der Waals surface area contributed by atoms with E-state index in [4.69, 9.17) is 26.3 Å². The van der Waals surface area contributed by atoms with E-state index in [9.17, 15) is 0 Å². The molecule has 0 saturated carbocycles. The van der Waals surface area contributed by atoms with E-state index in [0.29, 0.717) is 22.1 Å². The third kappa shape index (κ3) is 2.91. The lowest BCUT2D eigenvalue weighted by atomic mass is 10.1. The molecule has 0 aliphatic carbocycles. The van der Waals surface area contributed by atoms with Gasteiger partial charge in [0.15, 0.2) is 5.82 Å². The number of hydrogen-bond donors (Lipinski definition) is 1. The number of benzene rings is 2. The number of aromatic nitrogens is 3. The molecule has 0 bridgehead atoms. The van der Waals surface area contributed by atoms with Gasteiger partial charge >= 0.3 is 0 Å². The lowest BCUT2D eigenvalue weighted by Gasteiger charge is -2.12. The Morgan fingerprint density at radius 2 is 1.85 bits per heavy atom. The van der Waals surface area contributed by atoms with Crippen LogP contribution >= 0.6 is 11.6 Å². The number of methoxy groups -OCH3 is 1. The Hall–Kier alpha value is -2.92. The van der Waals surface area contributed by atoms with Gasteiger partial charge in [-0.1, -0.05) is 29.8 Å². The second-order valence-electron chi connectivity index (χ2n) is 5.84. The van der Waals surface area contributed by atoms with E-state index >= 15 is 0 Å². The maximum absolute atomic E-state index is 6.26. The number of nitrogens with one attached hydrogen (secondary N) is 1. The summed E-state index contributed by atoms with van der Waals surface area (Å²) < 4.78 is 5.29. The number of fused-ring (bicyclic) bond motifs is 2. The van der Waals surface area contributed by atoms with Crippen LogP contribution in [0.2, 0.25) is 5.02 Å². The van der Waals surface area contributed by atoms with Gasteiger partial charge in [-0.05, 0) is 25.1 Å². The van der Waals surface area contributed by atoms with Crippen LogP contribution < -0.4 is 10.1 Å². The van der Waals surface area contributed by atoms with Gasteiger partial charge in [0.25, 0.3) is 0 Å². The van der Waals surface area contributed by atoms with Gasteiger partial charge in [0.2, 0.25) is 0 Å². The minimum absolute atomic E-state index is 0.507. The molecule has 0 aliphatic rings. The number of pyridine rings is 1. The van der Waals surface area contributed by atoms with Crippen LogP contribution in [-0.4, -0.2) is 28.6 Å². The summed E-state index contributed by atoms with van der Waals surface area (Å²) in [6.45, 7) is 2.76. The molecular formula is C20H17ClN4O. The lowest BCUT2D eigenvalue weighted by Crippen LogP contribution is -2.04. The normalized spacial score (nSPS) is 11.0. The fraction of sp³-hybridized carbons (Fsp3) is 0.150. The smallest absolute Gasteiger partial charge is 0.153 e. The Morgan fingerprint density at radius 3 is 2.65 bits per heavy atom. The topological polar surface area (TPSA) is 59.9 Å². The zero-order valence-electron chi connectivity index (χ0n) is 14.5. The number of para-hydroxylation sites is 1. The van der Waals surface area contributed by atoms with Gasteiger partial charge in [-0.25, -0.2) is 9.97 Å². The molecule has 0 amide bonds. The summed E-state index contributed by atoms with van der Waals surface area (Å²) in [4.78, 5) is 14.1. The molecular weight excluding hydrogens is 348 g/mol. The highest BCUT2D eigenvalue weighted by Gasteiger charge is 2.14. The summed E-state index contributed by atoms with van der Waals surface area (Å²) in [5.41, 5.74) is 4.03. The fourth-order valence-electron chi connectivity index (χ4n) is 2.91. The Morgan fingerprint density at radius 1 is 1.04 bits per heavy atom. The predicted octanol–water partition coefficient (Wildman–Crippen LogP) is 4.94. The first-order valence-electron chi connectivity index (χ1n) is 8.34. The van der Waals surface area contributed by atoms with Crippen LogP contribution in [-0.2, 0) is 0 Å². The zero-order valence-corrected chi connectivity index (χ0v) is 15.2. The van der Waals surface area contributed by atoms with Crippen molar-refractivity contribution in [2.75, 3.05) is 19.0 Å². The minimum atomic E-state index is 0.507. The maximum atomic E-state index is 6.26. The van der Waals surface area contributed by atoms with Crippen molar-refractivity contribution in [3.05, 3.63) is 53.7 Å². The van der Waals surface area contributed by atoms with E-state index in [0.717, 1.165) is 34.2 Å². The van der Waals surface area contributed by atoms with Crippen LogP contribution in [0.5, 0.6) is 5.75 Å². The summed E-state index contributed by atoms with van der Waals surface area (Å²) in [6, 6.07) is 13.6. The van der Waals surface area contributed by atoms with Crippen molar-refractivity contribution >= 4 is 39.4 Å². The monoisotopic (exact) mass is 364 g/mol. The predicted molar refractivity (Wildman–Crippen MR) is 106 cm³/mol. The molecule has 2 aromatic heterocycles. The molecule has 6 heteroatoms. The lowest BCUT2D eigenvalue weighted by molar-refractivity contribution is 0.415. The number of ether oxygens (including phenoxy) is 1. The van der Waals surface area contributed by atoms with Crippen LogP contribution in [0.4, 0.5) is 5.82 Å². The molecule has 4 aromatic rings. The Bertz CT molecular complexity index is 1110. The summed E-state index contributed by atoms with van der Waals surface area (Å²) >= 11 is 6.26. The number of anilines is 1. The SMILES string of the molecule is CCNc1nc2cc(OC)c(Cl)cc2nc1-c1cnc2ccccc2c1. The highest BCUT2D eigenvalue weighted by atomic mass is 35.5. The van der Waals surface area contributed by atoms with Gasteiger partial charge in [-0.3, -0.25) is 4.98 Å². The molecule has 0 saturated heterocycles. The third-order valence-corrected chi connectivity index (χ3v) is 4.44. The standard InChI is InChI=1S/C20H17ClN4O/c1-3-22-20-19(13-8-12-6-4-5-7-15(12)23-11-13)24-16-9-14(21)18(26-2)10-17(16)25-20/h4-11H,3H2,1-2H3,(H,22,25). The molecule has 0 unspecified atom stereocenters. The molecule has 2 aromatic carbocycles. The van der Waals surface area contributed by atoms with E-state index in [2.05, 4.69) is 16.4 Å². The van der Waals surface area contributed by atoms with E-state index in [1.807, 2.05) is 37.4 Å². The average molecular weight is 365 g/mol. The van der Waals surface area contributed by atoms with Gasteiger partial charge in [-0.15, -0.1) is 0 Å². The molecule has 130 valence electrons. The first kappa shape index (κ1) is 16.5. The third-order valence-electron chi connectivity index (χ3n) is 4.15. The zero-order chi connectivity index (χ0) is 18.1. The van der Waals surface area contributed by atoms with E-state index in [1.54, 1.807) is 19.2 Å². The Labute approximate surface area is 156 Å². The summed E-state index contributed by atoms with van der Waals surface area (Å²) in [5.74, 6) is 1.29. The highest BCUT2D eigenvalue weighted by molar-refractivity contribution is 6.32. The molecule has 0 fully saturated rings. The summed E-state index contributed by atoms with van der Waals surface area (Å²) in [5, 5.41) is 4.86. The summed E-state index contributed by atoms with van der Waals surface area (Å²) in [6.07, 6.45) is 1.82. The first-order chi connectivity index (χ1) is 12.7. The molecule has 0 aliphatic heterocycles. The first-order valence-corrected chi connectivity index (χ1v) is 8.71. The Balaban J connectivity index is 1.95. The molecule has 4 rings (SSSR count). The van der Waals surface area contributed by atoms with Crippen LogP contribution in [0, 0.1) is 0 Å². The van der Waals surface area contributed by atoms with Crippen LogP contribution in [0.15, 0.2) is 48.7 Å². The van der Waals surface area contributed by atoms with Gasteiger partial charge in [-0.2, -0.15) is 0 Å². The molecule has 2 heterocycles. The van der Waals surface area contributed by atoms with E-state index < -0.39 is 0 Å². The molecule has 1 N–H and O–H groups in total. The van der Waals surface area contributed by atoms with Crippen molar-refractivity contribution in [2.45, 2.75) is 6.92 Å². The van der Waals surface area contributed by atoms with Gasteiger partial charge in [0.1, 0.15) is 11.4 Å². The number of hydrogen-bond acceptors (Lipinski definition) is 5. The van der Waals surface area contributed by atoms with Gasteiger partial charge < -0.3 is 10.1 Å². The molecule has 0 atom stereocenters. The minimum Gasteiger partial charge on any atom is -0.495 e. The maximum Gasteiger partial charge on any atom is 0.153 e. The van der Waals surface area contributed by atoms with Crippen LogP contribution in [0.25, 0.3) is 33.2 Å². The van der Waals surface area contributed by atoms with Crippen molar-refractivity contribution in [3.8, 4) is 17.0 Å². The van der Waals surface area contributed by atoms with Crippen molar-refractivity contribution in [3.63, 3.8) is 0 Å². The molecule has 0 radical (unpaired) electrons.